The molecule has 2 rings (SSSR count). The number of amides is 1. The summed E-state index contributed by atoms with van der Waals surface area (Å²) in [5.41, 5.74) is 1.90. The number of ether oxygens (including phenoxy) is 1. The summed E-state index contributed by atoms with van der Waals surface area (Å²) in [6, 6.07) is 13.7. The summed E-state index contributed by atoms with van der Waals surface area (Å²) < 4.78 is 18.9. The standard InChI is InChI=1S/C18H20FNO2/c1-12(2)14-8-10-15(11-9-14)20-18(21)13(3)22-17-7-5-4-6-16(17)19/h4-13H,1-3H3,(H,20,21)/t13-/m1/s1. The van der Waals surface area contributed by atoms with E-state index in [9.17, 15) is 9.18 Å². The van der Waals surface area contributed by atoms with Crippen molar-refractivity contribution in [2.75, 3.05) is 5.32 Å². The predicted octanol–water partition coefficient (Wildman–Crippen LogP) is 4.36. The van der Waals surface area contributed by atoms with E-state index in [0.29, 0.717) is 11.6 Å². The Morgan fingerprint density at radius 1 is 1.05 bits per heavy atom. The predicted molar refractivity (Wildman–Crippen MR) is 85.7 cm³/mol. The lowest BCUT2D eigenvalue weighted by Crippen LogP contribution is -2.30. The van der Waals surface area contributed by atoms with E-state index in [1.807, 2.05) is 24.3 Å². The number of nitrogens with one attached hydrogen (secondary N) is 1. The maximum absolute atomic E-state index is 13.5. The Bertz CT molecular complexity index is 638. The number of anilines is 1. The first-order valence-corrected chi connectivity index (χ1v) is 7.29. The van der Waals surface area contributed by atoms with Gasteiger partial charge in [0.25, 0.3) is 5.91 Å². The van der Waals surface area contributed by atoms with Crippen LogP contribution in [0.15, 0.2) is 48.5 Å². The highest BCUT2D eigenvalue weighted by Crippen LogP contribution is 2.19. The van der Waals surface area contributed by atoms with Gasteiger partial charge in [-0.15, -0.1) is 0 Å². The summed E-state index contributed by atoms with van der Waals surface area (Å²) in [5, 5.41) is 2.76. The van der Waals surface area contributed by atoms with Crippen molar-refractivity contribution in [3.63, 3.8) is 0 Å². The SMILES string of the molecule is CC(C)c1ccc(NC(=O)[C@@H](C)Oc2ccccc2F)cc1. The Morgan fingerprint density at radius 3 is 2.27 bits per heavy atom. The van der Waals surface area contributed by atoms with Crippen molar-refractivity contribution < 1.29 is 13.9 Å². The second-order valence-corrected chi connectivity index (χ2v) is 5.46. The van der Waals surface area contributed by atoms with Crippen molar-refractivity contribution in [2.24, 2.45) is 0 Å². The smallest absolute Gasteiger partial charge is 0.265 e. The van der Waals surface area contributed by atoms with Crippen molar-refractivity contribution >= 4 is 11.6 Å². The van der Waals surface area contributed by atoms with Crippen molar-refractivity contribution in [3.8, 4) is 5.75 Å². The maximum atomic E-state index is 13.5. The van der Waals surface area contributed by atoms with Gasteiger partial charge in [-0.25, -0.2) is 4.39 Å². The zero-order valence-corrected chi connectivity index (χ0v) is 13.0. The number of hydrogen-bond acceptors (Lipinski definition) is 2. The molecule has 3 nitrogen and oxygen atoms in total. The second kappa shape index (κ2) is 7.07. The molecule has 22 heavy (non-hydrogen) atoms. The molecule has 1 atom stereocenters. The van der Waals surface area contributed by atoms with Crippen LogP contribution in [0.2, 0.25) is 0 Å². The highest BCUT2D eigenvalue weighted by Gasteiger charge is 2.16. The van der Waals surface area contributed by atoms with Crippen LogP contribution < -0.4 is 10.1 Å². The van der Waals surface area contributed by atoms with Crippen LogP contribution in [-0.4, -0.2) is 12.0 Å². The molecule has 0 heterocycles. The molecule has 0 bridgehead atoms. The van der Waals surface area contributed by atoms with Crippen LogP contribution in [0.25, 0.3) is 0 Å². The molecule has 0 saturated carbocycles. The Balaban J connectivity index is 1.98. The number of carbonyl (C=O) groups excluding carboxylic acids is 1. The Labute approximate surface area is 130 Å². The van der Waals surface area contributed by atoms with Gasteiger partial charge in [0.2, 0.25) is 0 Å². The van der Waals surface area contributed by atoms with Crippen LogP contribution in [-0.2, 0) is 4.79 Å². The van der Waals surface area contributed by atoms with Gasteiger partial charge in [0.1, 0.15) is 0 Å². The lowest BCUT2D eigenvalue weighted by atomic mass is 10.0. The fourth-order valence-electron chi connectivity index (χ4n) is 1.98. The molecule has 0 saturated heterocycles. The molecule has 0 unspecified atom stereocenters. The normalized spacial score (nSPS) is 12.0. The van der Waals surface area contributed by atoms with E-state index < -0.39 is 11.9 Å². The number of hydrogen-bond donors (Lipinski definition) is 1. The summed E-state index contributed by atoms with van der Waals surface area (Å²) in [5.74, 6) is -0.294. The third-order valence-electron chi connectivity index (χ3n) is 3.35. The number of rotatable bonds is 5. The molecule has 2 aromatic rings. The second-order valence-electron chi connectivity index (χ2n) is 5.46. The lowest BCUT2D eigenvalue weighted by Gasteiger charge is -2.15. The van der Waals surface area contributed by atoms with Crippen molar-refractivity contribution in [1.82, 2.24) is 0 Å². The third kappa shape index (κ3) is 4.07. The molecule has 1 amide bonds. The largest absolute Gasteiger partial charge is 0.478 e. The number of benzene rings is 2. The molecule has 1 N–H and O–H groups in total. The first kappa shape index (κ1) is 16.0. The molecular formula is C18H20FNO2. The summed E-state index contributed by atoms with van der Waals surface area (Å²) in [7, 11) is 0. The van der Waals surface area contributed by atoms with E-state index in [2.05, 4.69) is 19.2 Å². The molecular weight excluding hydrogens is 281 g/mol. The molecule has 0 fully saturated rings. The molecule has 0 aliphatic rings. The van der Waals surface area contributed by atoms with Crippen LogP contribution in [0.1, 0.15) is 32.3 Å². The highest BCUT2D eigenvalue weighted by molar-refractivity contribution is 5.94. The molecule has 0 aliphatic carbocycles. The lowest BCUT2D eigenvalue weighted by molar-refractivity contribution is -0.122. The van der Waals surface area contributed by atoms with E-state index in [4.69, 9.17) is 4.74 Å². The van der Waals surface area contributed by atoms with Crippen molar-refractivity contribution in [3.05, 3.63) is 59.9 Å². The summed E-state index contributed by atoms with van der Waals surface area (Å²) >= 11 is 0. The number of halogens is 1. The van der Waals surface area contributed by atoms with Gasteiger partial charge in [0.05, 0.1) is 0 Å². The monoisotopic (exact) mass is 301 g/mol. The molecule has 0 radical (unpaired) electrons. The number of carbonyl (C=O) groups is 1. The molecule has 116 valence electrons. The summed E-state index contributed by atoms with van der Waals surface area (Å²) in [4.78, 5) is 12.1. The molecule has 4 heteroatoms. The van der Waals surface area contributed by atoms with Crippen LogP contribution in [0.3, 0.4) is 0 Å². The topological polar surface area (TPSA) is 38.3 Å². The minimum Gasteiger partial charge on any atom is -0.478 e. The quantitative estimate of drug-likeness (QED) is 0.891. The zero-order valence-electron chi connectivity index (χ0n) is 13.0. The summed E-state index contributed by atoms with van der Waals surface area (Å²) in [6.07, 6.45) is -0.790. The minimum absolute atomic E-state index is 0.0697. The van der Waals surface area contributed by atoms with Crippen LogP contribution in [0.4, 0.5) is 10.1 Å². The fraction of sp³-hybridized carbons (Fsp3) is 0.278. The van der Waals surface area contributed by atoms with E-state index in [1.54, 1.807) is 19.1 Å². The van der Waals surface area contributed by atoms with Crippen LogP contribution in [0.5, 0.6) is 5.75 Å². The van der Waals surface area contributed by atoms with Gasteiger partial charge in [0.15, 0.2) is 17.7 Å². The highest BCUT2D eigenvalue weighted by atomic mass is 19.1. The van der Waals surface area contributed by atoms with E-state index in [1.165, 1.54) is 17.7 Å². The van der Waals surface area contributed by atoms with Crippen LogP contribution in [0, 0.1) is 5.82 Å². The molecule has 0 aliphatic heterocycles. The first-order valence-electron chi connectivity index (χ1n) is 7.29. The van der Waals surface area contributed by atoms with Gasteiger partial charge in [-0.2, -0.15) is 0 Å². The van der Waals surface area contributed by atoms with Gasteiger partial charge < -0.3 is 10.1 Å². The van der Waals surface area contributed by atoms with Gasteiger partial charge in [-0.05, 0) is 42.7 Å². The zero-order chi connectivity index (χ0) is 16.1. The number of para-hydroxylation sites is 1. The van der Waals surface area contributed by atoms with Gasteiger partial charge in [-0.3, -0.25) is 4.79 Å². The molecule has 0 spiro atoms. The summed E-state index contributed by atoms with van der Waals surface area (Å²) in [6.45, 7) is 5.81. The van der Waals surface area contributed by atoms with E-state index in [-0.39, 0.29) is 11.7 Å². The van der Waals surface area contributed by atoms with Crippen molar-refractivity contribution in [1.29, 1.82) is 0 Å². The van der Waals surface area contributed by atoms with Gasteiger partial charge in [0, 0.05) is 5.69 Å². The minimum atomic E-state index is -0.790. The Hall–Kier alpha value is -2.36. The Morgan fingerprint density at radius 2 is 1.68 bits per heavy atom. The van der Waals surface area contributed by atoms with Crippen molar-refractivity contribution in [2.45, 2.75) is 32.8 Å². The Kier molecular flexibility index (Phi) is 5.15. The maximum Gasteiger partial charge on any atom is 0.265 e. The average Bonchev–Trinajstić information content (AvgIpc) is 2.50. The fourth-order valence-corrected chi connectivity index (χ4v) is 1.98. The van der Waals surface area contributed by atoms with Gasteiger partial charge in [-0.1, -0.05) is 38.1 Å². The van der Waals surface area contributed by atoms with E-state index in [0.717, 1.165) is 0 Å². The first-order chi connectivity index (χ1) is 10.5. The molecule has 2 aromatic carbocycles. The molecule has 0 aromatic heterocycles. The average molecular weight is 301 g/mol. The van der Waals surface area contributed by atoms with Gasteiger partial charge >= 0.3 is 0 Å². The third-order valence-corrected chi connectivity index (χ3v) is 3.35. The van der Waals surface area contributed by atoms with E-state index >= 15 is 0 Å². The van der Waals surface area contributed by atoms with Crippen LogP contribution >= 0.6 is 0 Å².